The number of hydrogen-bond acceptors (Lipinski definition) is 3. The Bertz CT molecular complexity index is 553. The highest BCUT2D eigenvalue weighted by Crippen LogP contribution is 2.19. The number of benzene rings is 2. The number of amides is 2. The van der Waals surface area contributed by atoms with Crippen molar-refractivity contribution in [3.8, 4) is 11.5 Å². The van der Waals surface area contributed by atoms with Crippen LogP contribution < -0.4 is 10.1 Å². The smallest absolute Gasteiger partial charge is 0.250 e. The Hall–Kier alpha value is -2.88. The molecule has 2 aromatic rings. The standard InChI is InChI=1S/C12H10O.C4H3NO2/c1-3-7-11(8-4-1)13-12-9-5-2-6-10-12;6-3-1-2-4(7)5-3/h1-10H;1-2H,(H,5,6,7). The average molecular weight is 267 g/mol. The average Bonchev–Trinajstić information content (AvgIpc) is 2.85. The van der Waals surface area contributed by atoms with Crippen molar-refractivity contribution in [1.29, 1.82) is 0 Å². The van der Waals surface area contributed by atoms with E-state index in [1.165, 1.54) is 12.2 Å². The molecular weight excluding hydrogens is 254 g/mol. The first-order chi connectivity index (χ1) is 9.74. The van der Waals surface area contributed by atoms with Gasteiger partial charge in [0.15, 0.2) is 0 Å². The first kappa shape index (κ1) is 13.5. The molecule has 4 heteroatoms. The summed E-state index contributed by atoms with van der Waals surface area (Å²) >= 11 is 0. The van der Waals surface area contributed by atoms with Crippen molar-refractivity contribution in [2.75, 3.05) is 0 Å². The topological polar surface area (TPSA) is 55.4 Å². The molecule has 0 saturated heterocycles. The van der Waals surface area contributed by atoms with E-state index in [1.54, 1.807) is 0 Å². The van der Waals surface area contributed by atoms with Gasteiger partial charge in [0, 0.05) is 12.2 Å². The predicted molar refractivity (Wildman–Crippen MR) is 75.2 cm³/mol. The SMILES string of the molecule is O=C1C=CC(=O)N1.c1ccc(Oc2ccccc2)cc1. The number of para-hydroxylation sites is 2. The fourth-order valence-corrected chi connectivity index (χ4v) is 1.47. The van der Waals surface area contributed by atoms with Gasteiger partial charge in [0.2, 0.25) is 0 Å². The third-order valence-corrected chi connectivity index (χ3v) is 2.35. The zero-order chi connectivity index (χ0) is 14.2. The van der Waals surface area contributed by atoms with E-state index < -0.39 is 0 Å². The predicted octanol–water partition coefficient (Wildman–Crippen LogP) is 2.68. The van der Waals surface area contributed by atoms with Crippen molar-refractivity contribution in [1.82, 2.24) is 5.32 Å². The highest BCUT2D eigenvalue weighted by atomic mass is 16.5. The summed E-state index contributed by atoms with van der Waals surface area (Å²) in [6.07, 6.45) is 2.39. The Labute approximate surface area is 116 Å². The molecule has 1 aliphatic rings. The molecule has 0 spiro atoms. The van der Waals surface area contributed by atoms with Gasteiger partial charge in [-0.1, -0.05) is 36.4 Å². The highest BCUT2D eigenvalue weighted by molar-refractivity contribution is 6.12. The van der Waals surface area contributed by atoms with Crippen LogP contribution in [0.3, 0.4) is 0 Å². The van der Waals surface area contributed by atoms with E-state index in [2.05, 4.69) is 0 Å². The molecular formula is C16H13NO3. The van der Waals surface area contributed by atoms with Crippen LogP contribution in [-0.4, -0.2) is 11.8 Å². The number of ether oxygens (including phenoxy) is 1. The van der Waals surface area contributed by atoms with E-state index in [0.29, 0.717) is 0 Å². The van der Waals surface area contributed by atoms with Crippen LogP contribution in [0.2, 0.25) is 0 Å². The number of rotatable bonds is 2. The molecule has 100 valence electrons. The molecule has 0 aliphatic carbocycles. The van der Waals surface area contributed by atoms with Gasteiger partial charge in [-0.3, -0.25) is 14.9 Å². The van der Waals surface area contributed by atoms with E-state index in [1.807, 2.05) is 66.0 Å². The fourth-order valence-electron chi connectivity index (χ4n) is 1.47. The summed E-state index contributed by atoms with van der Waals surface area (Å²) in [4.78, 5) is 20.1. The molecule has 2 aromatic carbocycles. The largest absolute Gasteiger partial charge is 0.457 e. The lowest BCUT2D eigenvalue weighted by Gasteiger charge is -2.03. The van der Waals surface area contributed by atoms with Crippen molar-refractivity contribution >= 4 is 11.8 Å². The Kier molecular flexibility index (Phi) is 4.67. The zero-order valence-corrected chi connectivity index (χ0v) is 10.7. The van der Waals surface area contributed by atoms with Gasteiger partial charge < -0.3 is 4.74 Å². The van der Waals surface area contributed by atoms with E-state index in [4.69, 9.17) is 4.74 Å². The van der Waals surface area contributed by atoms with E-state index in [-0.39, 0.29) is 11.8 Å². The van der Waals surface area contributed by atoms with Crippen LogP contribution in [0.5, 0.6) is 11.5 Å². The first-order valence-corrected chi connectivity index (χ1v) is 6.05. The maximum absolute atomic E-state index is 10.0. The maximum Gasteiger partial charge on any atom is 0.250 e. The van der Waals surface area contributed by atoms with Crippen LogP contribution in [0.25, 0.3) is 0 Å². The Morgan fingerprint density at radius 1 is 0.650 bits per heavy atom. The molecule has 3 rings (SSSR count). The van der Waals surface area contributed by atoms with E-state index in [9.17, 15) is 9.59 Å². The van der Waals surface area contributed by atoms with Gasteiger partial charge in [-0.15, -0.1) is 0 Å². The van der Waals surface area contributed by atoms with Crippen molar-refractivity contribution in [3.63, 3.8) is 0 Å². The number of imide groups is 1. The second-order valence-corrected chi connectivity index (χ2v) is 3.92. The quantitative estimate of drug-likeness (QED) is 0.851. The normalized spacial score (nSPS) is 12.4. The molecule has 4 nitrogen and oxygen atoms in total. The lowest BCUT2D eigenvalue weighted by atomic mass is 10.3. The lowest BCUT2D eigenvalue weighted by Crippen LogP contribution is -2.19. The van der Waals surface area contributed by atoms with Crippen molar-refractivity contribution in [2.24, 2.45) is 0 Å². The molecule has 0 radical (unpaired) electrons. The van der Waals surface area contributed by atoms with Crippen molar-refractivity contribution in [3.05, 3.63) is 72.8 Å². The number of hydrogen-bond donors (Lipinski definition) is 1. The fraction of sp³-hybridized carbons (Fsp3) is 0. The number of carbonyl (C=O) groups is 2. The van der Waals surface area contributed by atoms with Crippen molar-refractivity contribution < 1.29 is 14.3 Å². The summed E-state index contributed by atoms with van der Waals surface area (Å²) in [5.74, 6) is 1.08. The number of nitrogens with one attached hydrogen (secondary N) is 1. The van der Waals surface area contributed by atoms with Gasteiger partial charge in [0.05, 0.1) is 0 Å². The second kappa shape index (κ2) is 6.89. The highest BCUT2D eigenvalue weighted by Gasteiger charge is 2.06. The summed E-state index contributed by atoms with van der Waals surface area (Å²) in [6.45, 7) is 0. The van der Waals surface area contributed by atoms with Crippen LogP contribution in [0.15, 0.2) is 72.8 Å². The molecule has 1 N–H and O–H groups in total. The van der Waals surface area contributed by atoms with Gasteiger partial charge in [0.1, 0.15) is 11.5 Å². The molecule has 0 aromatic heterocycles. The summed E-state index contributed by atoms with van der Waals surface area (Å²) < 4.78 is 5.58. The van der Waals surface area contributed by atoms with Gasteiger partial charge in [0.25, 0.3) is 11.8 Å². The van der Waals surface area contributed by atoms with Crippen LogP contribution in [0.1, 0.15) is 0 Å². The summed E-state index contributed by atoms with van der Waals surface area (Å²) in [5.41, 5.74) is 0. The van der Waals surface area contributed by atoms with Gasteiger partial charge in [-0.05, 0) is 24.3 Å². The zero-order valence-electron chi connectivity index (χ0n) is 10.7. The second-order valence-electron chi connectivity index (χ2n) is 3.92. The minimum atomic E-state index is -0.329. The van der Waals surface area contributed by atoms with Gasteiger partial charge in [-0.25, -0.2) is 0 Å². The van der Waals surface area contributed by atoms with Crippen LogP contribution >= 0.6 is 0 Å². The van der Waals surface area contributed by atoms with E-state index >= 15 is 0 Å². The molecule has 0 atom stereocenters. The third-order valence-electron chi connectivity index (χ3n) is 2.35. The molecule has 20 heavy (non-hydrogen) atoms. The molecule has 0 unspecified atom stereocenters. The van der Waals surface area contributed by atoms with Crippen LogP contribution in [-0.2, 0) is 9.59 Å². The summed E-state index contributed by atoms with van der Waals surface area (Å²) in [6, 6.07) is 19.5. The van der Waals surface area contributed by atoms with Gasteiger partial charge >= 0.3 is 0 Å². The molecule has 0 fully saturated rings. The molecule has 1 aliphatic heterocycles. The minimum absolute atomic E-state index is 0.329. The molecule has 2 amide bonds. The summed E-state index contributed by atoms with van der Waals surface area (Å²) in [7, 11) is 0. The Morgan fingerprint density at radius 2 is 1.05 bits per heavy atom. The number of carbonyl (C=O) groups excluding carboxylic acids is 2. The van der Waals surface area contributed by atoms with Gasteiger partial charge in [-0.2, -0.15) is 0 Å². The maximum atomic E-state index is 10.0. The molecule has 0 bridgehead atoms. The van der Waals surface area contributed by atoms with Crippen LogP contribution in [0.4, 0.5) is 0 Å². The van der Waals surface area contributed by atoms with Crippen molar-refractivity contribution in [2.45, 2.75) is 0 Å². The monoisotopic (exact) mass is 267 g/mol. The van der Waals surface area contributed by atoms with Crippen LogP contribution in [0, 0.1) is 0 Å². The first-order valence-electron chi connectivity index (χ1n) is 6.05. The molecule has 0 saturated carbocycles. The third kappa shape index (κ3) is 4.42. The Balaban J connectivity index is 0.000000178. The molecule has 1 heterocycles. The summed E-state index contributed by atoms with van der Waals surface area (Å²) in [5, 5.41) is 2.03. The lowest BCUT2D eigenvalue weighted by molar-refractivity contribution is -0.123. The minimum Gasteiger partial charge on any atom is -0.457 e. The Morgan fingerprint density at radius 3 is 1.35 bits per heavy atom. The van der Waals surface area contributed by atoms with E-state index in [0.717, 1.165) is 11.5 Å².